The van der Waals surface area contributed by atoms with Crippen molar-refractivity contribution in [1.82, 2.24) is 10.9 Å². The fourth-order valence-electron chi connectivity index (χ4n) is 2.61. The van der Waals surface area contributed by atoms with Gasteiger partial charge in [-0.3, -0.25) is 20.4 Å². The van der Waals surface area contributed by atoms with E-state index in [9.17, 15) is 9.59 Å². The maximum atomic E-state index is 12.0. The maximum absolute atomic E-state index is 12.0. The van der Waals surface area contributed by atoms with Gasteiger partial charge in [0.15, 0.2) is 11.0 Å². The number of furan rings is 1. The lowest BCUT2D eigenvalue weighted by Gasteiger charge is -2.30. The molecule has 1 aromatic heterocycles. The number of fused-ring (bicyclic) bond motifs is 1. The molecule has 0 aliphatic carbocycles. The summed E-state index contributed by atoms with van der Waals surface area (Å²) in [4.78, 5) is 25.8. The highest BCUT2D eigenvalue weighted by atomic mass is 35.5. The molecular formula is C16H16ClN3O3. The molecule has 2 heterocycles. The number of rotatable bonds is 3. The van der Waals surface area contributed by atoms with E-state index in [4.69, 9.17) is 16.0 Å². The summed E-state index contributed by atoms with van der Waals surface area (Å²) < 4.78 is 4.97. The Morgan fingerprint density at radius 2 is 2.00 bits per heavy atom. The third-order valence-electron chi connectivity index (χ3n) is 3.65. The molecule has 2 amide bonds. The number of nitrogens with zero attached hydrogens (tertiary/aromatic N) is 1. The van der Waals surface area contributed by atoms with E-state index in [2.05, 4.69) is 16.9 Å². The van der Waals surface area contributed by atoms with E-state index < -0.39 is 5.91 Å². The first-order chi connectivity index (χ1) is 11.1. The Labute approximate surface area is 138 Å². The topological polar surface area (TPSA) is 74.6 Å². The first kappa shape index (κ1) is 15.4. The summed E-state index contributed by atoms with van der Waals surface area (Å²) in [6, 6.07) is 10.9. The third-order valence-corrected chi connectivity index (χ3v) is 3.86. The van der Waals surface area contributed by atoms with E-state index in [-0.39, 0.29) is 23.4 Å². The van der Waals surface area contributed by atoms with E-state index in [0.29, 0.717) is 0 Å². The van der Waals surface area contributed by atoms with E-state index in [1.807, 2.05) is 23.1 Å². The van der Waals surface area contributed by atoms with E-state index in [1.54, 1.807) is 0 Å². The van der Waals surface area contributed by atoms with Crippen LogP contribution in [0.1, 0.15) is 22.5 Å². The van der Waals surface area contributed by atoms with E-state index in [0.717, 1.165) is 25.1 Å². The number of para-hydroxylation sites is 1. The molecule has 1 aromatic carbocycles. The second-order valence-electron chi connectivity index (χ2n) is 5.26. The third kappa shape index (κ3) is 3.65. The summed E-state index contributed by atoms with van der Waals surface area (Å²) in [6.45, 7) is 0.988. The van der Waals surface area contributed by atoms with Crippen molar-refractivity contribution in [2.75, 3.05) is 18.0 Å². The SMILES string of the molecule is O=C(CN1CCCc2ccccc21)NNC(=O)c1ccc(Cl)o1. The zero-order chi connectivity index (χ0) is 16.2. The number of nitrogens with one attached hydrogen (secondary N) is 2. The molecule has 0 atom stereocenters. The van der Waals surface area contributed by atoms with Crippen LogP contribution in [0.25, 0.3) is 0 Å². The number of carbonyl (C=O) groups excluding carboxylic acids is 2. The Bertz CT molecular complexity index is 729. The number of amides is 2. The molecule has 0 radical (unpaired) electrons. The number of anilines is 1. The second-order valence-corrected chi connectivity index (χ2v) is 5.63. The molecule has 0 bridgehead atoms. The molecule has 0 unspecified atom stereocenters. The molecule has 0 saturated heterocycles. The zero-order valence-corrected chi connectivity index (χ0v) is 13.1. The number of aryl methyl sites for hydroxylation is 1. The lowest BCUT2D eigenvalue weighted by Crippen LogP contribution is -2.47. The Kier molecular flexibility index (Phi) is 4.52. The van der Waals surface area contributed by atoms with Gasteiger partial charge in [-0.2, -0.15) is 0 Å². The van der Waals surface area contributed by atoms with Gasteiger partial charge >= 0.3 is 5.91 Å². The summed E-state index contributed by atoms with van der Waals surface area (Å²) in [6.07, 6.45) is 2.02. The Morgan fingerprint density at radius 1 is 1.17 bits per heavy atom. The zero-order valence-electron chi connectivity index (χ0n) is 12.3. The van der Waals surface area contributed by atoms with Crippen molar-refractivity contribution in [3.8, 4) is 0 Å². The standard InChI is InChI=1S/C16H16ClN3O3/c17-14-8-7-13(23-14)16(22)19-18-15(21)10-20-9-3-5-11-4-1-2-6-12(11)20/h1-2,4,6-8H,3,5,9-10H2,(H,18,21)(H,19,22). The summed E-state index contributed by atoms with van der Waals surface area (Å²) in [5.41, 5.74) is 7.00. The van der Waals surface area contributed by atoms with E-state index in [1.165, 1.54) is 17.7 Å². The number of hydrazine groups is 1. The van der Waals surface area contributed by atoms with Crippen LogP contribution in [-0.2, 0) is 11.2 Å². The first-order valence-electron chi connectivity index (χ1n) is 7.31. The highest BCUT2D eigenvalue weighted by molar-refractivity contribution is 6.29. The summed E-state index contributed by atoms with van der Waals surface area (Å²) in [7, 11) is 0. The molecule has 7 heteroatoms. The molecule has 3 rings (SSSR count). The van der Waals surface area contributed by atoms with Crippen molar-refractivity contribution in [2.24, 2.45) is 0 Å². The van der Waals surface area contributed by atoms with Crippen LogP contribution in [-0.4, -0.2) is 24.9 Å². The first-order valence-corrected chi connectivity index (χ1v) is 7.68. The van der Waals surface area contributed by atoms with Crippen LogP contribution >= 0.6 is 11.6 Å². The van der Waals surface area contributed by atoms with Gasteiger partial charge < -0.3 is 9.32 Å². The monoisotopic (exact) mass is 333 g/mol. The van der Waals surface area contributed by atoms with Crippen molar-refractivity contribution < 1.29 is 14.0 Å². The molecule has 6 nitrogen and oxygen atoms in total. The molecule has 1 aliphatic rings. The van der Waals surface area contributed by atoms with Crippen LogP contribution in [0.5, 0.6) is 0 Å². The van der Waals surface area contributed by atoms with Gasteiger partial charge in [-0.05, 0) is 48.2 Å². The summed E-state index contributed by atoms with van der Waals surface area (Å²) in [5.74, 6) is -0.810. The lowest BCUT2D eigenvalue weighted by atomic mass is 10.0. The maximum Gasteiger partial charge on any atom is 0.305 e. The Balaban J connectivity index is 1.55. The quantitative estimate of drug-likeness (QED) is 0.844. The second kappa shape index (κ2) is 6.75. The predicted octanol–water partition coefficient (Wildman–Crippen LogP) is 2.15. The van der Waals surface area contributed by atoms with Gasteiger partial charge in [-0.15, -0.1) is 0 Å². The van der Waals surface area contributed by atoms with Crippen molar-refractivity contribution in [2.45, 2.75) is 12.8 Å². The van der Waals surface area contributed by atoms with Gasteiger partial charge in [-0.1, -0.05) is 18.2 Å². The molecular weight excluding hydrogens is 318 g/mol. The van der Waals surface area contributed by atoms with Crippen LogP contribution in [0.4, 0.5) is 5.69 Å². The Hall–Kier alpha value is -2.47. The molecule has 2 aromatic rings. The van der Waals surface area contributed by atoms with Crippen LogP contribution in [0, 0.1) is 0 Å². The minimum Gasteiger partial charge on any atom is -0.439 e. The number of hydrogen-bond donors (Lipinski definition) is 2. The average molecular weight is 334 g/mol. The molecule has 2 N–H and O–H groups in total. The van der Waals surface area contributed by atoms with Gasteiger partial charge in [0.05, 0.1) is 6.54 Å². The fourth-order valence-corrected chi connectivity index (χ4v) is 2.76. The smallest absolute Gasteiger partial charge is 0.305 e. The normalized spacial score (nSPS) is 13.3. The molecule has 0 saturated carbocycles. The fraction of sp³-hybridized carbons (Fsp3) is 0.250. The predicted molar refractivity (Wildman–Crippen MR) is 86.3 cm³/mol. The van der Waals surface area contributed by atoms with Gasteiger partial charge in [0, 0.05) is 12.2 Å². The number of hydrogen-bond acceptors (Lipinski definition) is 4. The lowest BCUT2D eigenvalue weighted by molar-refractivity contribution is -0.120. The van der Waals surface area contributed by atoms with Crippen LogP contribution in [0.3, 0.4) is 0 Å². The Morgan fingerprint density at radius 3 is 2.78 bits per heavy atom. The van der Waals surface area contributed by atoms with Gasteiger partial charge in [-0.25, -0.2) is 0 Å². The average Bonchev–Trinajstić information content (AvgIpc) is 2.99. The van der Waals surface area contributed by atoms with Crippen molar-refractivity contribution in [3.63, 3.8) is 0 Å². The van der Waals surface area contributed by atoms with Crippen LogP contribution in [0.2, 0.25) is 5.22 Å². The summed E-state index contributed by atoms with van der Waals surface area (Å²) >= 11 is 5.60. The molecule has 1 aliphatic heterocycles. The van der Waals surface area contributed by atoms with Gasteiger partial charge in [0.2, 0.25) is 0 Å². The van der Waals surface area contributed by atoms with Crippen molar-refractivity contribution in [3.05, 3.63) is 52.9 Å². The highest BCUT2D eigenvalue weighted by Crippen LogP contribution is 2.26. The number of halogens is 1. The molecule has 0 spiro atoms. The molecule has 0 fully saturated rings. The van der Waals surface area contributed by atoms with Crippen molar-refractivity contribution >= 4 is 29.1 Å². The van der Waals surface area contributed by atoms with Gasteiger partial charge in [0.1, 0.15) is 0 Å². The largest absolute Gasteiger partial charge is 0.439 e. The van der Waals surface area contributed by atoms with Gasteiger partial charge in [0.25, 0.3) is 5.91 Å². The van der Waals surface area contributed by atoms with Crippen LogP contribution in [0.15, 0.2) is 40.8 Å². The minimum atomic E-state index is -0.552. The van der Waals surface area contributed by atoms with E-state index >= 15 is 0 Å². The minimum absolute atomic E-state index is 0.0404. The van der Waals surface area contributed by atoms with Crippen molar-refractivity contribution in [1.29, 1.82) is 0 Å². The highest BCUT2D eigenvalue weighted by Gasteiger charge is 2.19. The van der Waals surface area contributed by atoms with Crippen LogP contribution < -0.4 is 15.8 Å². The number of benzene rings is 1. The molecule has 23 heavy (non-hydrogen) atoms. The number of carbonyl (C=O) groups is 2. The summed E-state index contributed by atoms with van der Waals surface area (Å²) in [5, 5.41) is 0.117. The molecule has 120 valence electrons.